The molecule has 0 bridgehead atoms. The molecule has 1 saturated heterocycles. The van der Waals surface area contributed by atoms with E-state index in [-0.39, 0.29) is 36.2 Å². The zero-order valence-electron chi connectivity index (χ0n) is 19.1. The lowest BCUT2D eigenvalue weighted by molar-refractivity contribution is -0.00545. The first-order valence-electron chi connectivity index (χ1n) is 11.1. The van der Waals surface area contributed by atoms with Gasteiger partial charge in [0, 0.05) is 45.8 Å². The van der Waals surface area contributed by atoms with Crippen LogP contribution in [0.1, 0.15) is 30.5 Å². The van der Waals surface area contributed by atoms with Gasteiger partial charge in [-0.15, -0.1) is 24.0 Å². The first kappa shape index (κ1) is 24.6. The second-order valence-electron chi connectivity index (χ2n) is 8.33. The van der Waals surface area contributed by atoms with E-state index in [2.05, 4.69) is 69.7 Å². The number of nitrogens with one attached hydrogen (secondary N) is 2. The maximum Gasteiger partial charge on any atom is 0.191 e. The number of ether oxygens (including phenoxy) is 2. The minimum atomic E-state index is 0. The van der Waals surface area contributed by atoms with Gasteiger partial charge in [0.1, 0.15) is 11.6 Å². The summed E-state index contributed by atoms with van der Waals surface area (Å²) in [7, 11) is 1.80. The predicted molar refractivity (Wildman–Crippen MR) is 139 cm³/mol. The molecule has 1 aromatic heterocycles. The summed E-state index contributed by atoms with van der Waals surface area (Å²) in [5, 5.41) is 6.77. The van der Waals surface area contributed by atoms with Crippen molar-refractivity contribution in [2.45, 2.75) is 45.4 Å². The molecule has 32 heavy (non-hydrogen) atoms. The van der Waals surface area contributed by atoms with E-state index in [4.69, 9.17) is 9.47 Å². The van der Waals surface area contributed by atoms with Crippen molar-refractivity contribution in [1.82, 2.24) is 15.6 Å². The van der Waals surface area contributed by atoms with Crippen molar-refractivity contribution in [2.75, 3.05) is 38.2 Å². The van der Waals surface area contributed by atoms with E-state index in [0.717, 1.165) is 62.2 Å². The first-order valence-corrected chi connectivity index (χ1v) is 11.1. The number of aromatic nitrogens is 1. The maximum absolute atomic E-state index is 5.81. The van der Waals surface area contributed by atoms with Gasteiger partial charge in [-0.3, -0.25) is 4.99 Å². The van der Waals surface area contributed by atoms with E-state index in [9.17, 15) is 0 Å². The third-order valence-electron chi connectivity index (χ3n) is 5.70. The van der Waals surface area contributed by atoms with E-state index >= 15 is 0 Å². The first-order chi connectivity index (χ1) is 15.1. The van der Waals surface area contributed by atoms with Gasteiger partial charge in [0.25, 0.3) is 0 Å². The lowest BCUT2D eigenvalue weighted by Gasteiger charge is -2.36. The van der Waals surface area contributed by atoms with Gasteiger partial charge in [-0.1, -0.05) is 18.2 Å². The minimum Gasteiger partial charge on any atom is -0.493 e. The van der Waals surface area contributed by atoms with Crippen LogP contribution in [0.25, 0.3) is 0 Å². The molecule has 0 saturated carbocycles. The average molecular weight is 551 g/mol. The Bertz CT molecular complexity index is 896. The lowest BCUT2D eigenvalue weighted by atomic mass is 10.1. The van der Waals surface area contributed by atoms with Gasteiger partial charge in [0.2, 0.25) is 0 Å². The molecule has 2 aliphatic rings. The van der Waals surface area contributed by atoms with Crippen LogP contribution in [0.5, 0.6) is 5.75 Å². The van der Waals surface area contributed by atoms with Gasteiger partial charge >= 0.3 is 0 Å². The highest BCUT2D eigenvalue weighted by atomic mass is 127. The van der Waals surface area contributed by atoms with Crippen LogP contribution >= 0.6 is 24.0 Å². The summed E-state index contributed by atoms with van der Waals surface area (Å²) < 4.78 is 11.4. The van der Waals surface area contributed by atoms with Gasteiger partial charge in [-0.2, -0.15) is 0 Å². The zero-order valence-corrected chi connectivity index (χ0v) is 21.5. The molecular weight excluding hydrogens is 517 g/mol. The molecule has 1 fully saturated rings. The van der Waals surface area contributed by atoms with Crippen molar-refractivity contribution in [3.05, 3.63) is 53.2 Å². The molecule has 2 unspecified atom stereocenters. The molecule has 0 amide bonds. The Labute approximate surface area is 208 Å². The number of anilines is 1. The molecule has 3 heterocycles. The number of hydrogen-bond acceptors (Lipinski definition) is 5. The smallest absolute Gasteiger partial charge is 0.191 e. The van der Waals surface area contributed by atoms with Crippen molar-refractivity contribution in [2.24, 2.45) is 4.99 Å². The molecule has 0 aliphatic carbocycles. The Morgan fingerprint density at radius 2 is 1.91 bits per heavy atom. The van der Waals surface area contributed by atoms with Gasteiger partial charge in [-0.25, -0.2) is 4.98 Å². The van der Waals surface area contributed by atoms with Crippen LogP contribution in [-0.4, -0.2) is 56.4 Å². The normalized spacial score (nSPS) is 20.2. The molecule has 2 N–H and O–H groups in total. The second-order valence-corrected chi connectivity index (χ2v) is 8.33. The van der Waals surface area contributed by atoms with Gasteiger partial charge in [0.05, 0.1) is 18.8 Å². The zero-order chi connectivity index (χ0) is 21.6. The van der Waals surface area contributed by atoms with Gasteiger partial charge in [-0.05, 0) is 49.1 Å². The van der Waals surface area contributed by atoms with Crippen LogP contribution in [-0.2, 0) is 24.1 Å². The summed E-state index contributed by atoms with van der Waals surface area (Å²) in [6.45, 7) is 8.28. The third-order valence-corrected chi connectivity index (χ3v) is 5.70. The number of aliphatic imine (C=N–C) groups is 1. The quantitative estimate of drug-likeness (QED) is 0.327. The van der Waals surface area contributed by atoms with Crippen molar-refractivity contribution < 1.29 is 9.47 Å². The molecule has 2 aromatic rings. The van der Waals surface area contributed by atoms with Crippen LogP contribution in [0.2, 0.25) is 0 Å². The summed E-state index contributed by atoms with van der Waals surface area (Å²) in [4.78, 5) is 11.3. The topological polar surface area (TPSA) is 71.0 Å². The van der Waals surface area contributed by atoms with Crippen molar-refractivity contribution in [1.29, 1.82) is 0 Å². The summed E-state index contributed by atoms with van der Waals surface area (Å²) >= 11 is 0. The number of guanidine groups is 1. The number of rotatable bonds is 6. The standard InChI is InChI=1S/C24H33N5O2.HI/c1-17-15-29(16-18(2)31-17)23-7-5-20(13-27-23)14-28-24(25-3)26-10-8-19-4-6-22-21(12-19)9-11-30-22;/h4-7,12-13,17-18H,8-11,14-16H2,1-3H3,(H2,25,26,28);1H. The second kappa shape index (κ2) is 11.7. The Morgan fingerprint density at radius 1 is 1.12 bits per heavy atom. The summed E-state index contributed by atoms with van der Waals surface area (Å²) in [5.41, 5.74) is 3.76. The summed E-state index contributed by atoms with van der Waals surface area (Å²) in [6, 6.07) is 10.7. The molecule has 7 nitrogen and oxygen atoms in total. The molecule has 8 heteroatoms. The van der Waals surface area contributed by atoms with Crippen LogP contribution in [0.15, 0.2) is 41.5 Å². The monoisotopic (exact) mass is 551 g/mol. The number of fused-ring (bicyclic) bond motifs is 1. The fourth-order valence-corrected chi connectivity index (χ4v) is 4.20. The fourth-order valence-electron chi connectivity index (χ4n) is 4.20. The largest absolute Gasteiger partial charge is 0.493 e. The lowest BCUT2D eigenvalue weighted by Crippen LogP contribution is -2.45. The highest BCUT2D eigenvalue weighted by molar-refractivity contribution is 14.0. The number of hydrogen-bond donors (Lipinski definition) is 2. The average Bonchev–Trinajstić information content (AvgIpc) is 3.24. The van der Waals surface area contributed by atoms with E-state index in [1.54, 1.807) is 7.05 Å². The Morgan fingerprint density at radius 3 is 2.62 bits per heavy atom. The highest BCUT2D eigenvalue weighted by Crippen LogP contribution is 2.25. The van der Waals surface area contributed by atoms with Crippen LogP contribution in [0, 0.1) is 0 Å². The van der Waals surface area contributed by atoms with Crippen molar-refractivity contribution >= 4 is 35.8 Å². The fraction of sp³-hybridized carbons (Fsp3) is 0.500. The number of nitrogens with zero attached hydrogens (tertiary/aromatic N) is 3. The number of pyridine rings is 1. The molecule has 2 aliphatic heterocycles. The SMILES string of the molecule is CN=C(NCCc1ccc2c(c1)CCO2)NCc1ccc(N2CC(C)OC(C)C2)nc1.I. The van der Waals surface area contributed by atoms with E-state index in [0.29, 0.717) is 6.54 Å². The van der Waals surface area contributed by atoms with Crippen molar-refractivity contribution in [3.8, 4) is 5.75 Å². The molecule has 1 aromatic carbocycles. The highest BCUT2D eigenvalue weighted by Gasteiger charge is 2.23. The summed E-state index contributed by atoms with van der Waals surface area (Å²) in [5.74, 6) is 2.84. The van der Waals surface area contributed by atoms with Crippen molar-refractivity contribution in [3.63, 3.8) is 0 Å². The molecular formula is C24H34IN5O2. The van der Waals surface area contributed by atoms with E-state index in [1.165, 1.54) is 11.1 Å². The molecule has 0 radical (unpaired) electrons. The number of morpholine rings is 1. The molecule has 4 rings (SSSR count). The minimum absolute atomic E-state index is 0. The third kappa shape index (κ3) is 6.48. The van der Waals surface area contributed by atoms with E-state index < -0.39 is 0 Å². The predicted octanol–water partition coefficient (Wildman–Crippen LogP) is 3.16. The molecule has 2 atom stereocenters. The van der Waals surface area contributed by atoms with Crippen LogP contribution in [0.3, 0.4) is 0 Å². The molecule has 0 spiro atoms. The molecule has 174 valence electrons. The number of benzene rings is 1. The Balaban J connectivity index is 0.00000289. The maximum atomic E-state index is 5.81. The number of halogens is 1. The van der Waals surface area contributed by atoms with E-state index in [1.807, 2.05) is 6.20 Å². The van der Waals surface area contributed by atoms with Crippen LogP contribution in [0.4, 0.5) is 5.82 Å². The van der Waals surface area contributed by atoms with Gasteiger partial charge < -0.3 is 25.0 Å². The van der Waals surface area contributed by atoms with Gasteiger partial charge in [0.15, 0.2) is 5.96 Å². The Hall–Kier alpha value is -2.07. The van der Waals surface area contributed by atoms with Crippen LogP contribution < -0.4 is 20.3 Å². The Kier molecular flexibility index (Phi) is 8.98. The summed E-state index contributed by atoms with van der Waals surface area (Å²) in [6.07, 6.45) is 4.35.